The number of fused-ring (bicyclic) bond motifs is 1. The first-order chi connectivity index (χ1) is 10.3. The van der Waals surface area contributed by atoms with E-state index in [4.69, 9.17) is 10.5 Å². The Morgan fingerprint density at radius 1 is 1.10 bits per heavy atom. The topological polar surface area (TPSA) is 48.1 Å². The van der Waals surface area contributed by atoms with Gasteiger partial charge in [0.25, 0.3) is 0 Å². The van der Waals surface area contributed by atoms with E-state index >= 15 is 0 Å². The van der Waals surface area contributed by atoms with Crippen molar-refractivity contribution in [1.82, 2.24) is 4.98 Å². The minimum absolute atomic E-state index is 0.640. The lowest BCUT2D eigenvalue weighted by molar-refractivity contribution is 0.478. The maximum Gasteiger partial charge on any atom is 0.146 e. The average molecular weight is 343 g/mol. The van der Waals surface area contributed by atoms with Gasteiger partial charge >= 0.3 is 0 Å². The number of hydrogen-bond donors (Lipinski definition) is 1. The van der Waals surface area contributed by atoms with Crippen molar-refractivity contribution in [2.75, 3.05) is 6.54 Å². The van der Waals surface area contributed by atoms with Gasteiger partial charge in [0.1, 0.15) is 11.5 Å². The van der Waals surface area contributed by atoms with Gasteiger partial charge in [-0.05, 0) is 58.7 Å². The van der Waals surface area contributed by atoms with E-state index in [1.807, 2.05) is 48.5 Å². The lowest BCUT2D eigenvalue weighted by Gasteiger charge is -2.09. The largest absolute Gasteiger partial charge is 0.455 e. The highest BCUT2D eigenvalue weighted by molar-refractivity contribution is 9.10. The molecule has 21 heavy (non-hydrogen) atoms. The Labute approximate surface area is 131 Å². The van der Waals surface area contributed by atoms with Crippen LogP contribution in [-0.2, 0) is 6.42 Å². The van der Waals surface area contributed by atoms with E-state index < -0.39 is 0 Å². The molecule has 3 rings (SSSR count). The number of para-hydroxylation sites is 1. The quantitative estimate of drug-likeness (QED) is 0.769. The summed E-state index contributed by atoms with van der Waals surface area (Å²) in [6.45, 7) is 0.640. The van der Waals surface area contributed by atoms with Crippen molar-refractivity contribution in [3.05, 3.63) is 64.8 Å². The fourth-order valence-electron chi connectivity index (χ4n) is 2.18. The standard InChI is InChI=1S/C17H15BrN2O/c18-15-9-12(7-8-19)5-6-17(15)21-14-10-13-3-1-2-4-16(13)20-11-14/h1-6,9-11H,7-8,19H2. The van der Waals surface area contributed by atoms with Gasteiger partial charge in [-0.2, -0.15) is 0 Å². The zero-order valence-corrected chi connectivity index (χ0v) is 13.0. The fraction of sp³-hybridized carbons (Fsp3) is 0.118. The highest BCUT2D eigenvalue weighted by Crippen LogP contribution is 2.31. The Morgan fingerprint density at radius 2 is 1.95 bits per heavy atom. The molecule has 0 unspecified atom stereocenters. The van der Waals surface area contributed by atoms with Crippen LogP contribution in [0.5, 0.6) is 11.5 Å². The molecule has 0 aliphatic carbocycles. The van der Waals surface area contributed by atoms with Crippen molar-refractivity contribution in [3.8, 4) is 11.5 Å². The molecule has 1 aromatic heterocycles. The van der Waals surface area contributed by atoms with Crippen molar-refractivity contribution in [2.45, 2.75) is 6.42 Å². The third-order valence-electron chi connectivity index (χ3n) is 3.22. The summed E-state index contributed by atoms with van der Waals surface area (Å²) in [6, 6.07) is 16.0. The molecule has 0 spiro atoms. The number of ether oxygens (including phenoxy) is 1. The number of aromatic nitrogens is 1. The Balaban J connectivity index is 1.87. The molecule has 106 valence electrons. The Morgan fingerprint density at radius 3 is 2.76 bits per heavy atom. The van der Waals surface area contributed by atoms with Crippen LogP contribution in [-0.4, -0.2) is 11.5 Å². The summed E-state index contributed by atoms with van der Waals surface area (Å²) in [4.78, 5) is 4.40. The third-order valence-corrected chi connectivity index (χ3v) is 3.84. The Kier molecular flexibility index (Phi) is 4.18. The molecule has 3 aromatic rings. The molecule has 3 nitrogen and oxygen atoms in total. The summed E-state index contributed by atoms with van der Waals surface area (Å²) in [5.41, 5.74) is 7.72. The van der Waals surface area contributed by atoms with Gasteiger partial charge in [0.05, 0.1) is 16.2 Å². The number of benzene rings is 2. The summed E-state index contributed by atoms with van der Waals surface area (Å²) in [5.74, 6) is 1.49. The molecule has 1 heterocycles. The molecule has 0 saturated heterocycles. The maximum atomic E-state index is 5.91. The molecule has 0 fully saturated rings. The SMILES string of the molecule is NCCc1ccc(Oc2cnc3ccccc3c2)c(Br)c1. The molecular formula is C17H15BrN2O. The van der Waals surface area contributed by atoms with Gasteiger partial charge in [0.2, 0.25) is 0 Å². The number of halogens is 1. The normalized spacial score (nSPS) is 10.8. The second kappa shape index (κ2) is 6.24. The smallest absolute Gasteiger partial charge is 0.146 e. The van der Waals surface area contributed by atoms with Gasteiger partial charge < -0.3 is 10.5 Å². The zero-order valence-electron chi connectivity index (χ0n) is 11.4. The molecule has 0 atom stereocenters. The molecule has 0 aliphatic rings. The predicted molar refractivity (Wildman–Crippen MR) is 88.7 cm³/mol. The molecule has 2 aromatic carbocycles. The van der Waals surface area contributed by atoms with Crippen molar-refractivity contribution < 1.29 is 4.74 Å². The molecule has 2 N–H and O–H groups in total. The van der Waals surface area contributed by atoms with E-state index in [1.54, 1.807) is 6.20 Å². The minimum atomic E-state index is 0.640. The summed E-state index contributed by atoms with van der Waals surface area (Å²) >= 11 is 3.54. The predicted octanol–water partition coefficient (Wildman–Crippen LogP) is 4.29. The minimum Gasteiger partial charge on any atom is -0.455 e. The Hall–Kier alpha value is -1.91. The summed E-state index contributed by atoms with van der Waals surface area (Å²) in [7, 11) is 0. The summed E-state index contributed by atoms with van der Waals surface area (Å²) < 4.78 is 6.83. The molecule has 0 bridgehead atoms. The van der Waals surface area contributed by atoms with Crippen LogP contribution >= 0.6 is 15.9 Å². The van der Waals surface area contributed by atoms with Crippen molar-refractivity contribution >= 4 is 26.8 Å². The van der Waals surface area contributed by atoms with Gasteiger partial charge in [0, 0.05) is 5.39 Å². The van der Waals surface area contributed by atoms with Gasteiger partial charge in [0.15, 0.2) is 0 Å². The molecule has 0 saturated carbocycles. The van der Waals surface area contributed by atoms with E-state index in [9.17, 15) is 0 Å². The lowest BCUT2D eigenvalue weighted by Crippen LogP contribution is -2.02. The molecule has 4 heteroatoms. The van der Waals surface area contributed by atoms with Crippen LogP contribution in [0.2, 0.25) is 0 Å². The number of hydrogen-bond acceptors (Lipinski definition) is 3. The van der Waals surface area contributed by atoms with E-state index in [1.165, 1.54) is 5.56 Å². The second-order valence-corrected chi connectivity index (χ2v) is 5.62. The van der Waals surface area contributed by atoms with Gasteiger partial charge in [-0.1, -0.05) is 24.3 Å². The maximum absolute atomic E-state index is 5.91. The summed E-state index contributed by atoms with van der Waals surface area (Å²) in [6.07, 6.45) is 2.60. The first kappa shape index (κ1) is 14.0. The van der Waals surface area contributed by atoms with E-state index in [0.717, 1.165) is 33.3 Å². The Bertz CT molecular complexity index is 774. The van der Waals surface area contributed by atoms with Crippen LogP contribution in [0.25, 0.3) is 10.9 Å². The van der Waals surface area contributed by atoms with E-state index in [0.29, 0.717) is 6.54 Å². The van der Waals surface area contributed by atoms with Gasteiger partial charge in [-0.3, -0.25) is 4.98 Å². The number of pyridine rings is 1. The number of rotatable bonds is 4. The highest BCUT2D eigenvalue weighted by atomic mass is 79.9. The summed E-state index contributed by atoms with van der Waals surface area (Å²) in [5, 5.41) is 1.06. The number of nitrogens with two attached hydrogens (primary N) is 1. The molecule has 0 aliphatic heterocycles. The molecular weight excluding hydrogens is 328 g/mol. The van der Waals surface area contributed by atoms with Crippen LogP contribution in [0.3, 0.4) is 0 Å². The van der Waals surface area contributed by atoms with Crippen LogP contribution in [0.1, 0.15) is 5.56 Å². The highest BCUT2D eigenvalue weighted by Gasteiger charge is 2.05. The van der Waals surface area contributed by atoms with Crippen LogP contribution in [0.15, 0.2) is 59.2 Å². The molecule has 0 amide bonds. The number of nitrogens with zero attached hydrogens (tertiary/aromatic N) is 1. The van der Waals surface area contributed by atoms with Crippen molar-refractivity contribution in [2.24, 2.45) is 5.73 Å². The van der Waals surface area contributed by atoms with Crippen LogP contribution in [0.4, 0.5) is 0 Å². The van der Waals surface area contributed by atoms with Crippen LogP contribution < -0.4 is 10.5 Å². The lowest BCUT2D eigenvalue weighted by atomic mass is 10.1. The zero-order chi connectivity index (χ0) is 14.7. The van der Waals surface area contributed by atoms with Crippen LogP contribution in [0, 0.1) is 0 Å². The second-order valence-electron chi connectivity index (χ2n) is 4.77. The average Bonchev–Trinajstić information content (AvgIpc) is 2.50. The van der Waals surface area contributed by atoms with E-state index in [2.05, 4.69) is 20.9 Å². The van der Waals surface area contributed by atoms with E-state index in [-0.39, 0.29) is 0 Å². The van der Waals surface area contributed by atoms with Gasteiger partial charge in [-0.25, -0.2) is 0 Å². The molecule has 0 radical (unpaired) electrons. The third kappa shape index (κ3) is 3.23. The first-order valence-corrected chi connectivity index (χ1v) is 7.57. The monoisotopic (exact) mass is 342 g/mol. The fourth-order valence-corrected chi connectivity index (χ4v) is 2.69. The first-order valence-electron chi connectivity index (χ1n) is 6.77. The van der Waals surface area contributed by atoms with Crippen molar-refractivity contribution in [1.29, 1.82) is 0 Å². The van der Waals surface area contributed by atoms with Crippen molar-refractivity contribution in [3.63, 3.8) is 0 Å². The van der Waals surface area contributed by atoms with Gasteiger partial charge in [-0.15, -0.1) is 0 Å².